The summed E-state index contributed by atoms with van der Waals surface area (Å²) in [6.07, 6.45) is 0. The molecule has 92 valence electrons. The number of rotatable bonds is 3. The number of hydrogen-bond donors (Lipinski definition) is 2. The average molecular weight is 228 g/mol. The molecule has 3 N–H and O–H groups in total. The van der Waals surface area contributed by atoms with Crippen LogP contribution in [0.1, 0.15) is 20.8 Å². The molecule has 1 saturated heterocycles. The van der Waals surface area contributed by atoms with Crippen LogP contribution < -0.4 is 5.73 Å². The molecule has 0 aromatic heterocycles. The molecule has 1 amide bonds. The number of amides is 1. The van der Waals surface area contributed by atoms with Crippen LogP contribution in [0.5, 0.6) is 0 Å². The minimum atomic E-state index is -0.832. The van der Waals surface area contributed by atoms with Gasteiger partial charge in [-0.1, -0.05) is 20.8 Å². The molecule has 5 nitrogen and oxygen atoms in total. The number of likely N-dealkylation sites (tertiary alicyclic amines) is 1. The quantitative estimate of drug-likeness (QED) is 0.720. The van der Waals surface area contributed by atoms with Crippen molar-refractivity contribution in [2.75, 3.05) is 13.1 Å². The molecule has 0 radical (unpaired) electrons. The van der Waals surface area contributed by atoms with Crippen molar-refractivity contribution in [2.24, 2.45) is 23.5 Å². The normalized spacial score (nSPS) is 27.2. The smallest absolute Gasteiger partial charge is 0.308 e. The maximum absolute atomic E-state index is 11.9. The van der Waals surface area contributed by atoms with Crippen LogP contribution in [0.15, 0.2) is 0 Å². The highest BCUT2D eigenvalue weighted by Gasteiger charge is 2.38. The molecule has 3 atom stereocenters. The third-order valence-corrected chi connectivity index (χ3v) is 3.24. The van der Waals surface area contributed by atoms with Gasteiger partial charge in [0.05, 0.1) is 12.0 Å². The molecule has 1 heterocycles. The summed E-state index contributed by atoms with van der Waals surface area (Å²) in [6, 6.07) is -0.528. The maximum Gasteiger partial charge on any atom is 0.308 e. The average Bonchev–Trinajstić information content (AvgIpc) is 2.58. The molecule has 0 saturated carbocycles. The van der Waals surface area contributed by atoms with Crippen molar-refractivity contribution in [2.45, 2.75) is 26.8 Å². The minimum absolute atomic E-state index is 0.000752. The first-order valence-corrected chi connectivity index (χ1v) is 5.61. The first kappa shape index (κ1) is 13.0. The van der Waals surface area contributed by atoms with E-state index < -0.39 is 17.9 Å². The van der Waals surface area contributed by atoms with Gasteiger partial charge in [-0.25, -0.2) is 0 Å². The second-order valence-corrected chi connectivity index (χ2v) is 4.94. The summed E-state index contributed by atoms with van der Waals surface area (Å²) in [6.45, 7) is 6.41. The van der Waals surface area contributed by atoms with Gasteiger partial charge < -0.3 is 15.7 Å². The molecule has 0 spiro atoms. The Hall–Kier alpha value is -1.10. The lowest BCUT2D eigenvalue weighted by Crippen LogP contribution is -2.45. The van der Waals surface area contributed by atoms with Crippen LogP contribution in [0.2, 0.25) is 0 Å². The Bertz CT molecular complexity index is 291. The van der Waals surface area contributed by atoms with Gasteiger partial charge in [-0.3, -0.25) is 9.59 Å². The van der Waals surface area contributed by atoms with Gasteiger partial charge in [0.25, 0.3) is 0 Å². The van der Waals surface area contributed by atoms with Gasteiger partial charge in [0.15, 0.2) is 0 Å². The lowest BCUT2D eigenvalue weighted by Gasteiger charge is -2.22. The van der Waals surface area contributed by atoms with Gasteiger partial charge in [0.2, 0.25) is 5.91 Å². The van der Waals surface area contributed by atoms with Crippen LogP contribution in [-0.4, -0.2) is 41.0 Å². The third kappa shape index (κ3) is 2.52. The summed E-state index contributed by atoms with van der Waals surface area (Å²) in [5, 5.41) is 8.96. The van der Waals surface area contributed by atoms with Gasteiger partial charge in [0, 0.05) is 13.1 Å². The maximum atomic E-state index is 11.9. The lowest BCUT2D eigenvalue weighted by atomic mass is 9.99. The van der Waals surface area contributed by atoms with Crippen LogP contribution in [0.3, 0.4) is 0 Å². The number of hydrogen-bond acceptors (Lipinski definition) is 3. The summed E-state index contributed by atoms with van der Waals surface area (Å²) in [7, 11) is 0. The van der Waals surface area contributed by atoms with Crippen LogP contribution in [-0.2, 0) is 9.59 Å². The van der Waals surface area contributed by atoms with E-state index >= 15 is 0 Å². The Morgan fingerprint density at radius 2 is 1.94 bits per heavy atom. The molecular weight excluding hydrogens is 208 g/mol. The Labute approximate surface area is 95.6 Å². The highest BCUT2D eigenvalue weighted by atomic mass is 16.4. The summed E-state index contributed by atoms with van der Waals surface area (Å²) >= 11 is 0. The largest absolute Gasteiger partial charge is 0.481 e. The van der Waals surface area contributed by atoms with Crippen LogP contribution >= 0.6 is 0 Å². The van der Waals surface area contributed by atoms with Crippen molar-refractivity contribution in [3.8, 4) is 0 Å². The SMILES string of the molecule is CC(C)C(N)C(=O)N1C[C@@H](C)[C@H](C(=O)O)C1. The molecule has 1 unspecified atom stereocenters. The topological polar surface area (TPSA) is 83.6 Å². The Kier molecular flexibility index (Phi) is 3.91. The molecule has 16 heavy (non-hydrogen) atoms. The number of carbonyl (C=O) groups is 2. The van der Waals surface area contributed by atoms with Crippen molar-refractivity contribution < 1.29 is 14.7 Å². The van der Waals surface area contributed by atoms with Crippen LogP contribution in [0.4, 0.5) is 0 Å². The van der Waals surface area contributed by atoms with Crippen LogP contribution in [0, 0.1) is 17.8 Å². The molecular formula is C11H20N2O3. The summed E-state index contributed by atoms with van der Waals surface area (Å²) in [5.74, 6) is -1.35. The number of nitrogens with two attached hydrogens (primary N) is 1. The number of carboxylic acid groups (broad SMARTS) is 1. The second kappa shape index (κ2) is 4.82. The van der Waals surface area contributed by atoms with Gasteiger partial charge in [-0.05, 0) is 11.8 Å². The fraction of sp³-hybridized carbons (Fsp3) is 0.818. The highest BCUT2D eigenvalue weighted by molar-refractivity contribution is 5.83. The molecule has 0 bridgehead atoms. The van der Waals surface area contributed by atoms with Gasteiger partial charge in [0.1, 0.15) is 0 Å². The molecule has 0 aliphatic carbocycles. The highest BCUT2D eigenvalue weighted by Crippen LogP contribution is 2.24. The van der Waals surface area contributed by atoms with Crippen molar-refractivity contribution >= 4 is 11.9 Å². The zero-order valence-corrected chi connectivity index (χ0v) is 10.0. The van der Waals surface area contributed by atoms with Crippen LogP contribution in [0.25, 0.3) is 0 Å². The predicted molar refractivity (Wildman–Crippen MR) is 59.7 cm³/mol. The van der Waals surface area contributed by atoms with E-state index in [4.69, 9.17) is 10.8 Å². The van der Waals surface area contributed by atoms with Gasteiger partial charge in [-0.15, -0.1) is 0 Å². The van der Waals surface area contributed by atoms with E-state index in [2.05, 4.69) is 0 Å². The molecule has 1 aliphatic rings. The first-order valence-electron chi connectivity index (χ1n) is 5.61. The molecule has 1 aliphatic heterocycles. The van der Waals surface area contributed by atoms with Gasteiger partial charge >= 0.3 is 5.97 Å². The monoisotopic (exact) mass is 228 g/mol. The first-order chi connectivity index (χ1) is 7.34. The lowest BCUT2D eigenvalue weighted by molar-refractivity contribution is -0.142. The van der Waals surface area contributed by atoms with Crippen molar-refractivity contribution in [1.29, 1.82) is 0 Å². The second-order valence-electron chi connectivity index (χ2n) is 4.94. The van der Waals surface area contributed by atoms with E-state index in [0.29, 0.717) is 6.54 Å². The molecule has 5 heteroatoms. The standard InChI is InChI=1S/C11H20N2O3/c1-6(2)9(12)10(14)13-4-7(3)8(5-13)11(15)16/h6-9H,4-5,12H2,1-3H3,(H,15,16)/t7-,8-,9?/m1/s1. The molecule has 0 aromatic rings. The van der Waals surface area contributed by atoms with E-state index in [0.717, 1.165) is 0 Å². The molecule has 1 fully saturated rings. The number of aliphatic carboxylic acids is 1. The zero-order valence-electron chi connectivity index (χ0n) is 10.0. The Morgan fingerprint density at radius 1 is 1.38 bits per heavy atom. The fourth-order valence-corrected chi connectivity index (χ4v) is 1.96. The minimum Gasteiger partial charge on any atom is -0.481 e. The Balaban J connectivity index is 2.65. The predicted octanol–water partition coefficient (Wildman–Crippen LogP) is 0.149. The van der Waals surface area contributed by atoms with Crippen molar-refractivity contribution in [1.82, 2.24) is 4.90 Å². The Morgan fingerprint density at radius 3 is 2.31 bits per heavy atom. The number of nitrogens with zero attached hydrogens (tertiary/aromatic N) is 1. The third-order valence-electron chi connectivity index (χ3n) is 3.24. The van der Waals surface area contributed by atoms with E-state index in [1.165, 1.54) is 0 Å². The molecule has 1 rings (SSSR count). The van der Waals surface area contributed by atoms with Crippen molar-refractivity contribution in [3.63, 3.8) is 0 Å². The van der Waals surface area contributed by atoms with E-state index in [9.17, 15) is 9.59 Å². The van der Waals surface area contributed by atoms with E-state index in [1.54, 1.807) is 4.90 Å². The summed E-state index contributed by atoms with van der Waals surface area (Å²) in [5.41, 5.74) is 5.77. The van der Waals surface area contributed by atoms with E-state index in [-0.39, 0.29) is 24.3 Å². The summed E-state index contributed by atoms with van der Waals surface area (Å²) < 4.78 is 0. The number of carboxylic acids is 1. The van der Waals surface area contributed by atoms with Crippen molar-refractivity contribution in [3.05, 3.63) is 0 Å². The summed E-state index contributed by atoms with van der Waals surface area (Å²) in [4.78, 5) is 24.4. The zero-order chi connectivity index (χ0) is 12.5. The molecule has 0 aromatic carbocycles. The fourth-order valence-electron chi connectivity index (χ4n) is 1.96. The number of carbonyl (C=O) groups excluding carboxylic acids is 1. The van der Waals surface area contributed by atoms with E-state index in [1.807, 2.05) is 20.8 Å². The van der Waals surface area contributed by atoms with Gasteiger partial charge in [-0.2, -0.15) is 0 Å².